The highest BCUT2D eigenvalue weighted by molar-refractivity contribution is 9.11. The van der Waals surface area contributed by atoms with E-state index >= 15 is 0 Å². The Labute approximate surface area is 209 Å². The van der Waals surface area contributed by atoms with E-state index in [2.05, 4.69) is 27.0 Å². The maximum atomic E-state index is 10.1. The number of aromatic nitrogens is 2. The molecular weight excluding hydrogens is 516 g/mol. The SMILES string of the molecule is CCOc1nc(N)c(-c2nc(-c3ccc(OC)cc3)c(Br)s2)c(-c2ccc(OC)cc2)c1C#N. The number of nitrogens with zero attached hydrogens (tertiary/aromatic N) is 3. The Morgan fingerprint density at radius 2 is 1.53 bits per heavy atom. The Hall–Kier alpha value is -3.61. The van der Waals surface area contributed by atoms with Crippen LogP contribution in [0.1, 0.15) is 12.5 Å². The van der Waals surface area contributed by atoms with Gasteiger partial charge in [0.2, 0.25) is 5.88 Å². The quantitative estimate of drug-likeness (QED) is 0.301. The molecule has 0 radical (unpaired) electrons. The van der Waals surface area contributed by atoms with Crippen molar-refractivity contribution in [2.24, 2.45) is 0 Å². The minimum atomic E-state index is 0.197. The summed E-state index contributed by atoms with van der Waals surface area (Å²) < 4.78 is 17.0. The van der Waals surface area contributed by atoms with E-state index in [1.54, 1.807) is 14.2 Å². The number of benzene rings is 2. The zero-order valence-corrected chi connectivity index (χ0v) is 21.2. The molecule has 172 valence electrons. The van der Waals surface area contributed by atoms with E-state index in [0.29, 0.717) is 34.1 Å². The van der Waals surface area contributed by atoms with Gasteiger partial charge in [0.15, 0.2) is 0 Å². The van der Waals surface area contributed by atoms with Gasteiger partial charge in [0.1, 0.15) is 34.0 Å². The van der Waals surface area contributed by atoms with Gasteiger partial charge in [-0.25, -0.2) is 4.98 Å². The number of nitriles is 1. The molecule has 0 amide bonds. The van der Waals surface area contributed by atoms with Crippen molar-refractivity contribution in [3.8, 4) is 56.4 Å². The second kappa shape index (κ2) is 10.1. The summed E-state index contributed by atoms with van der Waals surface area (Å²) in [4.78, 5) is 9.28. The van der Waals surface area contributed by atoms with Crippen molar-refractivity contribution in [1.82, 2.24) is 9.97 Å². The molecule has 4 aromatic rings. The highest BCUT2D eigenvalue weighted by atomic mass is 79.9. The van der Waals surface area contributed by atoms with Crippen LogP contribution in [0.15, 0.2) is 52.3 Å². The first-order chi connectivity index (χ1) is 16.5. The van der Waals surface area contributed by atoms with Gasteiger partial charge in [0.05, 0.1) is 35.9 Å². The third kappa shape index (κ3) is 4.42. The van der Waals surface area contributed by atoms with E-state index in [1.165, 1.54) is 11.3 Å². The van der Waals surface area contributed by atoms with Gasteiger partial charge >= 0.3 is 0 Å². The van der Waals surface area contributed by atoms with Crippen LogP contribution in [0.4, 0.5) is 5.82 Å². The first-order valence-electron chi connectivity index (χ1n) is 10.3. The fraction of sp³-hybridized carbons (Fsp3) is 0.160. The molecule has 4 rings (SSSR count). The van der Waals surface area contributed by atoms with Crippen molar-refractivity contribution >= 4 is 33.1 Å². The summed E-state index contributed by atoms with van der Waals surface area (Å²) in [5, 5.41) is 10.7. The lowest BCUT2D eigenvalue weighted by Gasteiger charge is -2.16. The number of anilines is 1. The van der Waals surface area contributed by atoms with Gasteiger partial charge in [-0.05, 0) is 64.8 Å². The standard InChI is InChI=1S/C25H21BrN4O3S/c1-4-33-24-18(13-27)19(14-5-9-16(31-2)10-6-14)20(23(28)30-24)25-29-21(22(26)34-25)15-7-11-17(32-3)12-8-15/h5-12H,4H2,1-3H3,(H2,28,30). The van der Waals surface area contributed by atoms with Crippen molar-refractivity contribution in [3.05, 3.63) is 57.9 Å². The van der Waals surface area contributed by atoms with Crippen LogP contribution >= 0.6 is 27.3 Å². The molecule has 0 fully saturated rings. The summed E-state index contributed by atoms with van der Waals surface area (Å²) >= 11 is 5.06. The van der Waals surface area contributed by atoms with Gasteiger partial charge in [-0.3, -0.25) is 0 Å². The molecule has 0 spiro atoms. The molecule has 7 nitrogen and oxygen atoms in total. The maximum absolute atomic E-state index is 10.1. The normalized spacial score (nSPS) is 10.6. The number of methoxy groups -OCH3 is 2. The van der Waals surface area contributed by atoms with Crippen LogP contribution in [0.2, 0.25) is 0 Å². The fourth-order valence-electron chi connectivity index (χ4n) is 3.52. The van der Waals surface area contributed by atoms with Crippen LogP contribution in [-0.2, 0) is 0 Å². The second-order valence-corrected chi connectivity index (χ2v) is 9.39. The average molecular weight is 537 g/mol. The van der Waals surface area contributed by atoms with E-state index in [-0.39, 0.29) is 11.7 Å². The summed E-state index contributed by atoms with van der Waals surface area (Å²) in [5.41, 5.74) is 10.4. The van der Waals surface area contributed by atoms with Crippen LogP contribution in [0.3, 0.4) is 0 Å². The maximum Gasteiger partial charge on any atom is 0.234 e. The Balaban J connectivity index is 1.95. The van der Waals surface area contributed by atoms with Crippen molar-refractivity contribution in [2.75, 3.05) is 26.6 Å². The molecule has 2 aromatic heterocycles. The molecule has 0 aliphatic rings. The summed E-state index contributed by atoms with van der Waals surface area (Å²) in [6.45, 7) is 2.19. The van der Waals surface area contributed by atoms with Gasteiger partial charge in [-0.2, -0.15) is 10.2 Å². The Kier molecular flexibility index (Phi) is 7.01. The number of pyridine rings is 1. The van der Waals surface area contributed by atoms with Gasteiger partial charge in [0, 0.05) is 11.1 Å². The number of thiazole rings is 1. The van der Waals surface area contributed by atoms with E-state index in [4.69, 9.17) is 24.9 Å². The van der Waals surface area contributed by atoms with Crippen LogP contribution < -0.4 is 19.9 Å². The summed E-state index contributed by atoms with van der Waals surface area (Å²) in [7, 11) is 3.23. The zero-order valence-electron chi connectivity index (χ0n) is 18.8. The van der Waals surface area contributed by atoms with Gasteiger partial charge in [-0.15, -0.1) is 11.3 Å². The average Bonchev–Trinajstić information content (AvgIpc) is 3.24. The lowest BCUT2D eigenvalue weighted by Crippen LogP contribution is -2.05. The van der Waals surface area contributed by atoms with Crippen molar-refractivity contribution in [3.63, 3.8) is 0 Å². The lowest BCUT2D eigenvalue weighted by atomic mass is 9.96. The van der Waals surface area contributed by atoms with Crippen molar-refractivity contribution in [2.45, 2.75) is 6.92 Å². The molecule has 0 bridgehead atoms. The van der Waals surface area contributed by atoms with Crippen LogP contribution in [0.5, 0.6) is 17.4 Å². The molecule has 0 saturated heterocycles. The largest absolute Gasteiger partial charge is 0.497 e. The minimum Gasteiger partial charge on any atom is -0.497 e. The third-order valence-corrected chi connectivity index (χ3v) is 6.85. The number of rotatable bonds is 7. The van der Waals surface area contributed by atoms with Crippen LogP contribution in [0.25, 0.3) is 33.0 Å². The predicted molar refractivity (Wildman–Crippen MR) is 137 cm³/mol. The van der Waals surface area contributed by atoms with Crippen molar-refractivity contribution in [1.29, 1.82) is 5.26 Å². The number of nitrogens with two attached hydrogens (primary N) is 1. The monoisotopic (exact) mass is 536 g/mol. The topological polar surface area (TPSA) is 103 Å². The smallest absolute Gasteiger partial charge is 0.234 e. The number of halogens is 1. The summed E-state index contributed by atoms with van der Waals surface area (Å²) in [5.74, 6) is 1.89. The first-order valence-corrected chi connectivity index (χ1v) is 11.9. The molecule has 0 saturated carbocycles. The number of nitrogen functional groups attached to an aromatic ring is 1. The minimum absolute atomic E-state index is 0.197. The molecule has 0 atom stereocenters. The summed E-state index contributed by atoms with van der Waals surface area (Å²) in [6.07, 6.45) is 0. The molecule has 2 N–H and O–H groups in total. The molecule has 0 aliphatic carbocycles. The summed E-state index contributed by atoms with van der Waals surface area (Å²) in [6, 6.07) is 17.3. The van der Waals surface area contributed by atoms with Gasteiger partial charge in [-0.1, -0.05) is 12.1 Å². The first kappa shape index (κ1) is 23.5. The number of hydrogen-bond acceptors (Lipinski definition) is 8. The predicted octanol–water partition coefficient (Wildman–Crippen LogP) is 6.17. The Bertz CT molecular complexity index is 1360. The molecule has 0 unspecified atom stereocenters. The lowest BCUT2D eigenvalue weighted by molar-refractivity contribution is 0.326. The Morgan fingerprint density at radius 3 is 2.06 bits per heavy atom. The van der Waals surface area contributed by atoms with E-state index in [1.807, 2.05) is 55.5 Å². The third-order valence-electron chi connectivity index (χ3n) is 5.13. The van der Waals surface area contributed by atoms with E-state index in [0.717, 1.165) is 26.4 Å². The molecule has 2 aromatic carbocycles. The Morgan fingerprint density at radius 1 is 0.941 bits per heavy atom. The number of ether oxygens (including phenoxy) is 3. The van der Waals surface area contributed by atoms with Crippen LogP contribution in [0, 0.1) is 11.3 Å². The molecule has 2 heterocycles. The number of hydrogen-bond donors (Lipinski definition) is 1. The second-order valence-electron chi connectivity index (χ2n) is 7.07. The zero-order chi connectivity index (χ0) is 24.2. The van der Waals surface area contributed by atoms with Gasteiger partial charge < -0.3 is 19.9 Å². The van der Waals surface area contributed by atoms with Crippen LogP contribution in [-0.4, -0.2) is 30.8 Å². The highest BCUT2D eigenvalue weighted by Crippen LogP contribution is 2.46. The fourth-order valence-corrected chi connectivity index (χ4v) is 5.18. The highest BCUT2D eigenvalue weighted by Gasteiger charge is 2.25. The van der Waals surface area contributed by atoms with Gasteiger partial charge in [0.25, 0.3) is 0 Å². The molecular formula is C25H21BrN4O3S. The van der Waals surface area contributed by atoms with E-state index in [9.17, 15) is 5.26 Å². The molecule has 34 heavy (non-hydrogen) atoms. The van der Waals surface area contributed by atoms with Crippen molar-refractivity contribution < 1.29 is 14.2 Å². The van der Waals surface area contributed by atoms with E-state index < -0.39 is 0 Å². The molecule has 9 heteroatoms. The molecule has 0 aliphatic heterocycles.